The molecule has 1 saturated carbocycles. The summed E-state index contributed by atoms with van der Waals surface area (Å²) in [5, 5.41) is 8.93. The van der Waals surface area contributed by atoms with Crippen molar-refractivity contribution in [2.45, 2.75) is 18.8 Å². The zero-order valence-electron chi connectivity index (χ0n) is 7.80. The highest BCUT2D eigenvalue weighted by Crippen LogP contribution is 2.40. The van der Waals surface area contributed by atoms with Gasteiger partial charge >= 0.3 is 5.97 Å². The second-order valence-corrected chi connectivity index (χ2v) is 3.64. The summed E-state index contributed by atoms with van der Waals surface area (Å²) in [5.41, 5.74) is 0.795. The van der Waals surface area contributed by atoms with Crippen LogP contribution in [0.3, 0.4) is 0 Å². The Bertz CT molecular complexity index is 543. The highest BCUT2D eigenvalue weighted by atomic mass is 16.4. The van der Waals surface area contributed by atoms with Crippen LogP contribution < -0.4 is 0 Å². The maximum absolute atomic E-state index is 10.9. The lowest BCUT2D eigenvalue weighted by Crippen LogP contribution is -1.96. The molecule has 0 radical (unpaired) electrons. The number of hydrogen-bond acceptors (Lipinski definition) is 4. The molecule has 1 aliphatic rings. The Morgan fingerprint density at radius 1 is 1.53 bits per heavy atom. The van der Waals surface area contributed by atoms with E-state index in [0.717, 1.165) is 12.8 Å². The minimum Gasteiger partial charge on any atom is -0.478 e. The first kappa shape index (κ1) is 8.40. The first-order valence-corrected chi connectivity index (χ1v) is 4.74. The number of pyridine rings is 1. The fourth-order valence-corrected chi connectivity index (χ4v) is 1.52. The summed E-state index contributed by atoms with van der Waals surface area (Å²) in [7, 11) is 0. The Kier molecular flexibility index (Phi) is 1.56. The van der Waals surface area contributed by atoms with Crippen molar-refractivity contribution in [1.29, 1.82) is 0 Å². The molecule has 2 aromatic rings. The van der Waals surface area contributed by atoms with Crippen molar-refractivity contribution in [2.24, 2.45) is 0 Å². The average molecular weight is 204 g/mol. The Balaban J connectivity index is 2.23. The molecule has 76 valence electrons. The minimum atomic E-state index is -1.01. The summed E-state index contributed by atoms with van der Waals surface area (Å²) >= 11 is 0. The molecule has 0 amide bonds. The number of fused-ring (bicyclic) bond motifs is 1. The molecule has 0 saturated heterocycles. The Morgan fingerprint density at radius 2 is 2.33 bits per heavy atom. The van der Waals surface area contributed by atoms with E-state index in [2.05, 4.69) is 9.97 Å². The largest absolute Gasteiger partial charge is 0.478 e. The predicted octanol–water partition coefficient (Wildman–Crippen LogP) is 1.80. The molecular weight excluding hydrogens is 196 g/mol. The first-order valence-electron chi connectivity index (χ1n) is 4.74. The first-order chi connectivity index (χ1) is 7.25. The van der Waals surface area contributed by atoms with Gasteiger partial charge in [0, 0.05) is 12.1 Å². The fraction of sp³-hybridized carbons (Fsp3) is 0.300. The molecule has 0 atom stereocenters. The van der Waals surface area contributed by atoms with E-state index in [9.17, 15) is 4.79 Å². The van der Waals surface area contributed by atoms with Gasteiger partial charge in [0.25, 0.3) is 0 Å². The maximum Gasteiger partial charge on any atom is 0.339 e. The van der Waals surface area contributed by atoms with Crippen LogP contribution in [0.2, 0.25) is 0 Å². The van der Waals surface area contributed by atoms with Gasteiger partial charge in [-0.2, -0.15) is 4.98 Å². The van der Waals surface area contributed by atoms with Gasteiger partial charge in [0.1, 0.15) is 5.56 Å². The normalized spacial score (nSPS) is 15.7. The minimum absolute atomic E-state index is 0.124. The molecule has 2 aromatic heterocycles. The Labute approximate surface area is 84.8 Å². The van der Waals surface area contributed by atoms with Crippen LogP contribution in [-0.2, 0) is 0 Å². The second-order valence-electron chi connectivity index (χ2n) is 3.64. The van der Waals surface area contributed by atoms with E-state index in [4.69, 9.17) is 9.52 Å². The average Bonchev–Trinajstić information content (AvgIpc) is 2.96. The van der Waals surface area contributed by atoms with E-state index in [-0.39, 0.29) is 11.1 Å². The van der Waals surface area contributed by atoms with E-state index < -0.39 is 5.97 Å². The number of carboxylic acids is 1. The van der Waals surface area contributed by atoms with Crippen molar-refractivity contribution < 1.29 is 14.3 Å². The molecule has 1 N–H and O–H groups in total. The lowest BCUT2D eigenvalue weighted by Gasteiger charge is -1.92. The number of carboxylic acid groups (broad SMARTS) is 1. The van der Waals surface area contributed by atoms with Gasteiger partial charge in [-0.25, -0.2) is 9.78 Å². The van der Waals surface area contributed by atoms with Gasteiger partial charge in [-0.15, -0.1) is 0 Å². The molecule has 1 fully saturated rings. The molecule has 0 aliphatic heterocycles. The summed E-state index contributed by atoms with van der Waals surface area (Å²) in [6, 6.07) is 1.42. The van der Waals surface area contributed by atoms with Crippen LogP contribution in [0.15, 0.2) is 16.7 Å². The van der Waals surface area contributed by atoms with Crippen molar-refractivity contribution in [3.63, 3.8) is 0 Å². The molecule has 1 aliphatic carbocycles. The predicted molar refractivity (Wildman–Crippen MR) is 50.7 cm³/mol. The summed E-state index contributed by atoms with van der Waals surface area (Å²) in [4.78, 5) is 19.1. The van der Waals surface area contributed by atoms with Crippen LogP contribution in [0.25, 0.3) is 11.2 Å². The van der Waals surface area contributed by atoms with Gasteiger partial charge < -0.3 is 9.52 Å². The molecule has 0 aromatic carbocycles. The molecule has 5 heteroatoms. The lowest BCUT2D eigenvalue weighted by atomic mass is 10.2. The SMILES string of the molecule is O=C(O)c1ccnc2nc(C3CC3)oc12. The van der Waals surface area contributed by atoms with Gasteiger partial charge in [-0.3, -0.25) is 0 Å². The maximum atomic E-state index is 10.9. The lowest BCUT2D eigenvalue weighted by molar-refractivity contribution is 0.0697. The zero-order valence-corrected chi connectivity index (χ0v) is 7.80. The van der Waals surface area contributed by atoms with Gasteiger partial charge in [-0.1, -0.05) is 0 Å². The molecule has 0 unspecified atom stereocenters. The molecule has 0 bridgehead atoms. The Morgan fingerprint density at radius 3 is 3.00 bits per heavy atom. The molecular formula is C10H8N2O3. The number of rotatable bonds is 2. The van der Waals surface area contributed by atoms with Crippen molar-refractivity contribution in [1.82, 2.24) is 9.97 Å². The third kappa shape index (κ3) is 1.27. The van der Waals surface area contributed by atoms with Gasteiger partial charge in [0.2, 0.25) is 0 Å². The number of aromatic nitrogens is 2. The summed E-state index contributed by atoms with van der Waals surface area (Å²) in [6.45, 7) is 0. The second kappa shape index (κ2) is 2.79. The van der Waals surface area contributed by atoms with Gasteiger partial charge in [0.05, 0.1) is 0 Å². The highest BCUT2D eigenvalue weighted by Gasteiger charge is 2.30. The number of aromatic carboxylic acids is 1. The number of hydrogen-bond donors (Lipinski definition) is 1. The quantitative estimate of drug-likeness (QED) is 0.807. The van der Waals surface area contributed by atoms with E-state index in [1.54, 1.807) is 0 Å². The summed E-state index contributed by atoms with van der Waals surface area (Å²) < 4.78 is 5.43. The number of nitrogens with zero attached hydrogens (tertiary/aromatic N) is 2. The van der Waals surface area contributed by atoms with Crippen molar-refractivity contribution >= 4 is 17.2 Å². The van der Waals surface area contributed by atoms with Crippen molar-refractivity contribution in [3.8, 4) is 0 Å². The van der Waals surface area contributed by atoms with Gasteiger partial charge in [-0.05, 0) is 18.9 Å². The third-order valence-corrected chi connectivity index (χ3v) is 2.47. The summed E-state index contributed by atoms with van der Waals surface area (Å²) in [6.07, 6.45) is 3.56. The number of carbonyl (C=O) groups is 1. The molecule has 0 spiro atoms. The van der Waals surface area contributed by atoms with Crippen LogP contribution >= 0.6 is 0 Å². The zero-order chi connectivity index (χ0) is 10.4. The standard InChI is InChI=1S/C10H8N2O3/c13-10(14)6-3-4-11-8-7(6)15-9(12-8)5-1-2-5/h3-5H,1-2H2,(H,13,14). The molecule has 15 heavy (non-hydrogen) atoms. The van der Waals surface area contributed by atoms with E-state index in [1.165, 1.54) is 12.3 Å². The highest BCUT2D eigenvalue weighted by molar-refractivity contribution is 5.98. The van der Waals surface area contributed by atoms with E-state index >= 15 is 0 Å². The van der Waals surface area contributed by atoms with Gasteiger partial charge in [0.15, 0.2) is 17.1 Å². The van der Waals surface area contributed by atoms with Crippen LogP contribution in [0.4, 0.5) is 0 Å². The topological polar surface area (TPSA) is 76.2 Å². The summed E-state index contributed by atoms with van der Waals surface area (Å²) in [5.74, 6) is -0.0343. The molecule has 2 heterocycles. The third-order valence-electron chi connectivity index (χ3n) is 2.47. The molecule has 3 rings (SSSR count). The smallest absolute Gasteiger partial charge is 0.339 e. The Hall–Kier alpha value is -1.91. The number of oxazole rings is 1. The fourth-order valence-electron chi connectivity index (χ4n) is 1.52. The monoisotopic (exact) mass is 204 g/mol. The van der Waals surface area contributed by atoms with E-state index in [0.29, 0.717) is 17.5 Å². The molecule has 5 nitrogen and oxygen atoms in total. The van der Waals surface area contributed by atoms with Crippen LogP contribution in [-0.4, -0.2) is 21.0 Å². The van der Waals surface area contributed by atoms with Crippen LogP contribution in [0.1, 0.15) is 35.0 Å². The van der Waals surface area contributed by atoms with E-state index in [1.807, 2.05) is 0 Å². The van der Waals surface area contributed by atoms with Crippen LogP contribution in [0, 0.1) is 0 Å². The van der Waals surface area contributed by atoms with Crippen LogP contribution in [0.5, 0.6) is 0 Å². The van der Waals surface area contributed by atoms with Crippen molar-refractivity contribution in [2.75, 3.05) is 0 Å². The van der Waals surface area contributed by atoms with Crippen molar-refractivity contribution in [3.05, 3.63) is 23.7 Å².